The highest BCUT2D eigenvalue weighted by atomic mass is 35.5. The first-order chi connectivity index (χ1) is 13.9. The third-order valence-corrected chi connectivity index (χ3v) is 5.75. The molecule has 0 radical (unpaired) electrons. The highest BCUT2D eigenvalue weighted by molar-refractivity contribution is 6.33. The van der Waals surface area contributed by atoms with Crippen LogP contribution >= 0.6 is 11.6 Å². The molecule has 3 heterocycles. The van der Waals surface area contributed by atoms with Gasteiger partial charge in [0.1, 0.15) is 5.72 Å². The summed E-state index contributed by atoms with van der Waals surface area (Å²) in [7, 11) is 0. The average Bonchev–Trinajstić information content (AvgIpc) is 3.37. The lowest BCUT2D eigenvalue weighted by molar-refractivity contribution is -0.310. The van der Waals surface area contributed by atoms with Crippen LogP contribution in [0.15, 0.2) is 47.1 Å². The number of carbonyl (C=O) groups is 3. The summed E-state index contributed by atoms with van der Waals surface area (Å²) in [6.07, 6.45) is 1.87. The molecule has 152 valence electrons. The largest absolute Gasteiger partial charge is 0.548 e. The van der Waals surface area contributed by atoms with E-state index in [9.17, 15) is 19.5 Å². The Hall–Kier alpha value is -2.84. The van der Waals surface area contributed by atoms with Gasteiger partial charge in [0.2, 0.25) is 0 Å². The topological polar surface area (TPSA) is 103 Å². The van der Waals surface area contributed by atoms with Crippen LogP contribution in [0.5, 0.6) is 0 Å². The van der Waals surface area contributed by atoms with Crippen LogP contribution < -0.4 is 5.11 Å². The maximum absolute atomic E-state index is 12.9. The molecule has 0 bridgehead atoms. The number of halogens is 1. The fourth-order valence-electron chi connectivity index (χ4n) is 3.93. The number of nitrogens with zero attached hydrogens (tertiary/aromatic N) is 2. The molecule has 1 aromatic heterocycles. The van der Waals surface area contributed by atoms with E-state index in [-0.39, 0.29) is 44.2 Å². The summed E-state index contributed by atoms with van der Waals surface area (Å²) < 4.78 is 11.0. The first-order valence-electron chi connectivity index (χ1n) is 9.19. The van der Waals surface area contributed by atoms with E-state index in [0.29, 0.717) is 10.6 Å². The van der Waals surface area contributed by atoms with E-state index in [0.717, 1.165) is 0 Å². The molecule has 2 amide bonds. The molecule has 0 unspecified atom stereocenters. The summed E-state index contributed by atoms with van der Waals surface area (Å²) in [5.74, 6) is -2.16. The number of hydrogen-bond donors (Lipinski definition) is 0. The number of rotatable bonds is 3. The van der Waals surface area contributed by atoms with Crippen molar-refractivity contribution in [2.24, 2.45) is 0 Å². The lowest BCUT2D eigenvalue weighted by atomic mass is 9.96. The molecule has 2 saturated heterocycles. The number of carboxylic acids is 1. The van der Waals surface area contributed by atoms with Gasteiger partial charge in [-0.2, -0.15) is 0 Å². The third kappa shape index (κ3) is 3.38. The summed E-state index contributed by atoms with van der Waals surface area (Å²) in [4.78, 5) is 40.2. The van der Waals surface area contributed by atoms with Gasteiger partial charge >= 0.3 is 0 Å². The number of benzene rings is 1. The highest BCUT2D eigenvalue weighted by Gasteiger charge is 2.53. The van der Waals surface area contributed by atoms with Gasteiger partial charge in [0.05, 0.1) is 35.5 Å². The number of aliphatic carboxylic acids is 1. The van der Waals surface area contributed by atoms with Crippen LogP contribution in [0.2, 0.25) is 5.02 Å². The minimum atomic E-state index is -1.39. The first kappa shape index (κ1) is 19.5. The zero-order valence-corrected chi connectivity index (χ0v) is 16.1. The van der Waals surface area contributed by atoms with E-state index in [1.165, 1.54) is 17.2 Å². The quantitative estimate of drug-likeness (QED) is 0.742. The highest BCUT2D eigenvalue weighted by Crippen LogP contribution is 2.38. The summed E-state index contributed by atoms with van der Waals surface area (Å²) in [5.41, 5.74) is -0.736. The van der Waals surface area contributed by atoms with Crippen LogP contribution in [-0.4, -0.2) is 59.0 Å². The molecular weight excluding hydrogens is 400 g/mol. The van der Waals surface area contributed by atoms with Gasteiger partial charge in [-0.15, -0.1) is 0 Å². The molecule has 0 saturated carbocycles. The number of carbonyl (C=O) groups excluding carboxylic acids is 3. The molecule has 2 aromatic rings. The van der Waals surface area contributed by atoms with Crippen molar-refractivity contribution in [1.82, 2.24) is 9.80 Å². The van der Waals surface area contributed by atoms with Gasteiger partial charge < -0.3 is 24.0 Å². The van der Waals surface area contributed by atoms with E-state index >= 15 is 0 Å². The Labute approximate surface area is 171 Å². The van der Waals surface area contributed by atoms with Gasteiger partial charge in [-0.25, -0.2) is 0 Å². The number of ether oxygens (including phenoxy) is 1. The number of likely N-dealkylation sites (tertiary alicyclic amines) is 1. The predicted octanol–water partition coefficient (Wildman–Crippen LogP) is 1.16. The second-order valence-electron chi connectivity index (χ2n) is 7.02. The number of carboxylic acid groups (broad SMARTS) is 1. The summed E-state index contributed by atoms with van der Waals surface area (Å²) >= 11 is 6.13. The van der Waals surface area contributed by atoms with Gasteiger partial charge in [0.15, 0.2) is 5.76 Å². The summed E-state index contributed by atoms with van der Waals surface area (Å²) in [6.45, 7) is 0.394. The van der Waals surface area contributed by atoms with Crippen molar-refractivity contribution in [2.45, 2.75) is 24.6 Å². The van der Waals surface area contributed by atoms with E-state index in [4.69, 9.17) is 20.8 Å². The van der Waals surface area contributed by atoms with Crippen LogP contribution in [0.1, 0.15) is 33.8 Å². The molecule has 0 aliphatic carbocycles. The second-order valence-corrected chi connectivity index (χ2v) is 7.42. The van der Waals surface area contributed by atoms with Gasteiger partial charge in [0, 0.05) is 25.9 Å². The van der Waals surface area contributed by atoms with E-state index in [1.807, 2.05) is 0 Å². The normalized spacial score (nSPS) is 20.8. The minimum Gasteiger partial charge on any atom is -0.548 e. The van der Waals surface area contributed by atoms with E-state index in [1.54, 1.807) is 35.2 Å². The Bertz CT molecular complexity index is 936. The maximum atomic E-state index is 12.9. The molecule has 2 aliphatic heterocycles. The molecule has 2 fully saturated rings. The van der Waals surface area contributed by atoms with Crippen molar-refractivity contribution in [3.05, 3.63) is 59.0 Å². The van der Waals surface area contributed by atoms with Crippen molar-refractivity contribution >= 4 is 29.4 Å². The van der Waals surface area contributed by atoms with Crippen LogP contribution in [0.25, 0.3) is 0 Å². The first-order valence-corrected chi connectivity index (χ1v) is 9.56. The van der Waals surface area contributed by atoms with Crippen molar-refractivity contribution in [3.63, 3.8) is 0 Å². The van der Waals surface area contributed by atoms with Gasteiger partial charge in [-0.05, 0) is 24.3 Å². The molecular formula is C20H18ClN2O6-. The monoisotopic (exact) mass is 417 g/mol. The predicted molar refractivity (Wildman–Crippen MR) is 98.9 cm³/mol. The molecule has 29 heavy (non-hydrogen) atoms. The molecule has 4 rings (SSSR count). The molecule has 9 heteroatoms. The zero-order valence-electron chi connectivity index (χ0n) is 15.4. The van der Waals surface area contributed by atoms with Crippen molar-refractivity contribution in [1.29, 1.82) is 0 Å². The van der Waals surface area contributed by atoms with E-state index in [2.05, 4.69) is 0 Å². The van der Waals surface area contributed by atoms with Gasteiger partial charge in [-0.3, -0.25) is 14.5 Å². The number of furan rings is 1. The second kappa shape index (κ2) is 7.53. The smallest absolute Gasteiger partial charge is 0.292 e. The van der Waals surface area contributed by atoms with Gasteiger partial charge in [0.25, 0.3) is 11.8 Å². The van der Waals surface area contributed by atoms with Crippen LogP contribution in [0.3, 0.4) is 0 Å². The van der Waals surface area contributed by atoms with Gasteiger partial charge in [-0.1, -0.05) is 23.7 Å². The Balaban J connectivity index is 1.55. The third-order valence-electron chi connectivity index (χ3n) is 5.42. The molecule has 2 aliphatic rings. The maximum Gasteiger partial charge on any atom is 0.292 e. The Kier molecular flexibility index (Phi) is 5.06. The van der Waals surface area contributed by atoms with Crippen molar-refractivity contribution < 1.29 is 28.6 Å². The zero-order chi connectivity index (χ0) is 20.6. The lowest BCUT2D eigenvalue weighted by Gasteiger charge is -2.44. The van der Waals surface area contributed by atoms with Crippen molar-refractivity contribution in [3.8, 4) is 0 Å². The summed E-state index contributed by atoms with van der Waals surface area (Å²) in [6, 6.07) is 8.58. The molecule has 0 N–H and O–H groups in total. The lowest BCUT2D eigenvalue weighted by Crippen LogP contribution is -2.60. The number of amides is 2. The van der Waals surface area contributed by atoms with E-state index < -0.39 is 23.6 Å². The fraction of sp³-hybridized carbons (Fsp3) is 0.350. The average molecular weight is 418 g/mol. The Morgan fingerprint density at radius 1 is 1.07 bits per heavy atom. The molecule has 1 atom stereocenters. The Morgan fingerprint density at radius 3 is 2.41 bits per heavy atom. The molecule has 1 aromatic carbocycles. The number of piperidine rings is 1. The fourth-order valence-corrected chi connectivity index (χ4v) is 4.15. The summed E-state index contributed by atoms with van der Waals surface area (Å²) in [5, 5.41) is 12.0. The van der Waals surface area contributed by atoms with Crippen LogP contribution in [0.4, 0.5) is 0 Å². The van der Waals surface area contributed by atoms with Crippen LogP contribution in [0, 0.1) is 0 Å². The Morgan fingerprint density at radius 2 is 1.79 bits per heavy atom. The molecule has 1 spiro atoms. The van der Waals surface area contributed by atoms with Crippen molar-refractivity contribution in [2.75, 3.05) is 19.7 Å². The number of hydrogen-bond acceptors (Lipinski definition) is 6. The minimum absolute atomic E-state index is 0.0238. The standard InChI is InChI=1S/C20H19ClN2O6/c21-14-5-2-1-4-13(14)17(24)22-9-7-20(8-10-22)23(15(12-29-20)19(26)27)18(25)16-6-3-11-28-16/h1-6,11,15H,7-10,12H2,(H,26,27)/p-1/t15-/m0/s1. The molecule has 8 nitrogen and oxygen atoms in total. The van der Waals surface area contributed by atoms with Crippen LogP contribution in [-0.2, 0) is 9.53 Å². The SMILES string of the molecule is O=C([O-])[C@@H]1COC2(CCN(C(=O)c3ccccc3Cl)CC2)N1C(=O)c1ccco1.